The molecule has 0 aromatic carbocycles. The van der Waals surface area contributed by atoms with Gasteiger partial charge in [0.1, 0.15) is 23.0 Å². The number of rotatable bonds is 8. The second-order valence-corrected chi connectivity index (χ2v) is 9.57. The van der Waals surface area contributed by atoms with Crippen LogP contribution in [0.3, 0.4) is 0 Å². The molecule has 2 N–H and O–H groups in total. The predicted octanol–water partition coefficient (Wildman–Crippen LogP) is 3.54. The van der Waals surface area contributed by atoms with E-state index in [0.29, 0.717) is 31.3 Å². The molecule has 36 heavy (non-hydrogen) atoms. The summed E-state index contributed by atoms with van der Waals surface area (Å²) in [5.41, 5.74) is 4.28. The molecule has 5 rings (SSSR count). The summed E-state index contributed by atoms with van der Waals surface area (Å²) >= 11 is 0. The van der Waals surface area contributed by atoms with Crippen molar-refractivity contribution in [3.63, 3.8) is 0 Å². The fourth-order valence-electron chi connectivity index (χ4n) is 5.04. The predicted molar refractivity (Wildman–Crippen MR) is 139 cm³/mol. The summed E-state index contributed by atoms with van der Waals surface area (Å²) in [4.78, 5) is 16.4. The van der Waals surface area contributed by atoms with E-state index in [2.05, 4.69) is 49.0 Å². The van der Waals surface area contributed by atoms with Crippen molar-refractivity contribution in [3.05, 3.63) is 30.2 Å². The Labute approximate surface area is 209 Å². The molecule has 0 unspecified atom stereocenters. The van der Waals surface area contributed by atoms with Crippen LogP contribution in [-0.2, 0) is 4.74 Å². The van der Waals surface area contributed by atoms with Crippen LogP contribution >= 0.6 is 0 Å². The average molecular weight is 496 g/mol. The Hall–Kier alpha value is -3.31. The van der Waals surface area contributed by atoms with Crippen LogP contribution in [0.2, 0.25) is 0 Å². The molecule has 2 atom stereocenters. The SMILES string of the molecule is CNc1nc(N[C@H]2CCN(CCOC)C[C@H]2F)nn2ccc(-c3ccc4nc(C)n(C(C)C)c4n3)c12. The number of halogens is 1. The summed E-state index contributed by atoms with van der Waals surface area (Å²) < 4.78 is 23.9. The van der Waals surface area contributed by atoms with E-state index < -0.39 is 6.17 Å². The first-order valence-corrected chi connectivity index (χ1v) is 12.4. The molecule has 4 aromatic heterocycles. The van der Waals surface area contributed by atoms with Crippen LogP contribution in [0.5, 0.6) is 0 Å². The third-order valence-corrected chi connectivity index (χ3v) is 6.81. The van der Waals surface area contributed by atoms with E-state index >= 15 is 0 Å². The van der Waals surface area contributed by atoms with Crippen molar-refractivity contribution in [1.82, 2.24) is 34.0 Å². The summed E-state index contributed by atoms with van der Waals surface area (Å²) in [7, 11) is 3.49. The number of hydrogen-bond acceptors (Lipinski definition) is 8. The van der Waals surface area contributed by atoms with E-state index in [0.717, 1.165) is 46.9 Å². The number of aromatic nitrogens is 6. The van der Waals surface area contributed by atoms with Crippen LogP contribution in [0.1, 0.15) is 32.1 Å². The Morgan fingerprint density at radius 3 is 2.75 bits per heavy atom. The minimum Gasteiger partial charge on any atom is -0.383 e. The number of pyridine rings is 1. The summed E-state index contributed by atoms with van der Waals surface area (Å²) in [6.45, 7) is 8.77. The van der Waals surface area contributed by atoms with Crippen LogP contribution in [0, 0.1) is 6.92 Å². The Morgan fingerprint density at radius 1 is 1.19 bits per heavy atom. The van der Waals surface area contributed by atoms with E-state index in [1.54, 1.807) is 11.6 Å². The summed E-state index contributed by atoms with van der Waals surface area (Å²) in [5.74, 6) is 1.98. The van der Waals surface area contributed by atoms with Crippen molar-refractivity contribution in [2.75, 3.05) is 51.0 Å². The van der Waals surface area contributed by atoms with Gasteiger partial charge in [0.15, 0.2) is 11.5 Å². The lowest BCUT2D eigenvalue weighted by atomic mass is 10.0. The molecule has 5 heterocycles. The van der Waals surface area contributed by atoms with Gasteiger partial charge in [0.25, 0.3) is 0 Å². The minimum absolute atomic E-state index is 0.250. The largest absolute Gasteiger partial charge is 0.383 e. The highest BCUT2D eigenvalue weighted by molar-refractivity contribution is 5.89. The molecule has 1 aliphatic rings. The molecule has 0 spiro atoms. The molecule has 1 fully saturated rings. The van der Waals surface area contributed by atoms with Gasteiger partial charge in [-0.15, -0.1) is 5.10 Å². The topological polar surface area (TPSA) is 97.4 Å². The second kappa shape index (κ2) is 9.98. The lowest BCUT2D eigenvalue weighted by Gasteiger charge is -2.34. The maximum Gasteiger partial charge on any atom is 0.243 e. The Balaban J connectivity index is 1.44. The van der Waals surface area contributed by atoms with Gasteiger partial charge in [-0.3, -0.25) is 4.90 Å². The fourth-order valence-corrected chi connectivity index (χ4v) is 5.04. The fraction of sp³-hybridized carbons (Fsp3) is 0.520. The van der Waals surface area contributed by atoms with Crippen molar-refractivity contribution >= 4 is 28.4 Å². The van der Waals surface area contributed by atoms with E-state index in [4.69, 9.17) is 9.72 Å². The molecule has 11 heteroatoms. The molecule has 10 nitrogen and oxygen atoms in total. The normalized spacial score (nSPS) is 19.0. The van der Waals surface area contributed by atoms with Gasteiger partial charge >= 0.3 is 0 Å². The molecule has 1 saturated heterocycles. The molecule has 0 amide bonds. The van der Waals surface area contributed by atoms with Gasteiger partial charge in [0.2, 0.25) is 5.95 Å². The van der Waals surface area contributed by atoms with Crippen molar-refractivity contribution in [3.8, 4) is 11.3 Å². The second-order valence-electron chi connectivity index (χ2n) is 9.57. The number of imidazole rings is 1. The van der Waals surface area contributed by atoms with Crippen LogP contribution in [0.25, 0.3) is 27.9 Å². The molecule has 0 saturated carbocycles. The zero-order valence-electron chi connectivity index (χ0n) is 21.5. The standard InChI is InChI=1S/C25H34FN9O/c1-15(2)35-16(3)28-21-7-6-19(29-24(21)35)17-8-11-34-22(17)23(27-4)31-25(32-34)30-20-9-10-33(12-13-36-5)14-18(20)26/h6-8,11,15,18,20H,9-10,12-14H2,1-5H3,(H2,27,30,31,32)/t18-,20+/m1/s1. The number of aryl methyl sites for hydroxylation is 1. The minimum atomic E-state index is -1.02. The molecule has 0 radical (unpaired) electrons. The summed E-state index contributed by atoms with van der Waals surface area (Å²) in [5, 5.41) is 11.1. The van der Waals surface area contributed by atoms with E-state index in [1.807, 2.05) is 38.4 Å². The monoisotopic (exact) mass is 495 g/mol. The van der Waals surface area contributed by atoms with E-state index in [-0.39, 0.29) is 12.1 Å². The van der Waals surface area contributed by atoms with Crippen molar-refractivity contribution < 1.29 is 9.13 Å². The molecular weight excluding hydrogens is 461 g/mol. The summed E-state index contributed by atoms with van der Waals surface area (Å²) in [6.07, 6.45) is 1.54. The number of piperidine rings is 1. The maximum absolute atomic E-state index is 14.9. The van der Waals surface area contributed by atoms with Gasteiger partial charge in [-0.2, -0.15) is 4.98 Å². The number of anilines is 2. The van der Waals surface area contributed by atoms with Gasteiger partial charge in [0.05, 0.1) is 18.3 Å². The average Bonchev–Trinajstić information content (AvgIpc) is 3.43. The zero-order valence-corrected chi connectivity index (χ0v) is 21.5. The zero-order chi connectivity index (χ0) is 25.4. The Morgan fingerprint density at radius 2 is 2.03 bits per heavy atom. The van der Waals surface area contributed by atoms with Crippen molar-refractivity contribution in [2.45, 2.75) is 45.4 Å². The summed E-state index contributed by atoms with van der Waals surface area (Å²) in [6, 6.07) is 5.87. The van der Waals surface area contributed by atoms with Gasteiger partial charge in [-0.05, 0) is 45.4 Å². The van der Waals surface area contributed by atoms with Crippen LogP contribution in [0.4, 0.5) is 16.2 Å². The van der Waals surface area contributed by atoms with Crippen molar-refractivity contribution in [2.24, 2.45) is 0 Å². The smallest absolute Gasteiger partial charge is 0.243 e. The maximum atomic E-state index is 14.9. The van der Waals surface area contributed by atoms with Gasteiger partial charge in [-0.1, -0.05) is 0 Å². The highest BCUT2D eigenvalue weighted by Crippen LogP contribution is 2.31. The molecule has 0 aliphatic carbocycles. The van der Waals surface area contributed by atoms with Crippen LogP contribution < -0.4 is 10.6 Å². The number of likely N-dealkylation sites (tertiary alicyclic amines) is 1. The molecule has 192 valence electrons. The number of fused-ring (bicyclic) bond motifs is 2. The molecular formula is C25H34FN9O. The number of methoxy groups -OCH3 is 1. The first kappa shape index (κ1) is 24.4. The number of hydrogen-bond donors (Lipinski definition) is 2. The van der Waals surface area contributed by atoms with E-state index in [9.17, 15) is 4.39 Å². The molecule has 0 bridgehead atoms. The number of alkyl halides is 1. The Kier molecular flexibility index (Phi) is 6.76. The first-order valence-electron chi connectivity index (χ1n) is 12.4. The van der Waals surface area contributed by atoms with Crippen LogP contribution in [-0.4, -0.2) is 86.6 Å². The Bertz CT molecular complexity index is 1360. The third kappa shape index (κ3) is 4.48. The molecule has 4 aromatic rings. The lowest BCUT2D eigenvalue weighted by Crippen LogP contribution is -2.48. The van der Waals surface area contributed by atoms with Gasteiger partial charge in [-0.25, -0.2) is 18.9 Å². The first-order chi connectivity index (χ1) is 17.4. The number of nitrogens with zero attached hydrogens (tertiary/aromatic N) is 7. The highest BCUT2D eigenvalue weighted by atomic mass is 19.1. The quantitative estimate of drug-likeness (QED) is 0.383. The number of ether oxygens (including phenoxy) is 1. The lowest BCUT2D eigenvalue weighted by molar-refractivity contribution is 0.0918. The van der Waals surface area contributed by atoms with Gasteiger partial charge < -0.3 is 19.9 Å². The van der Waals surface area contributed by atoms with Gasteiger partial charge in [0, 0.05) is 51.6 Å². The number of nitrogens with one attached hydrogen (secondary N) is 2. The highest BCUT2D eigenvalue weighted by Gasteiger charge is 2.30. The van der Waals surface area contributed by atoms with Crippen molar-refractivity contribution in [1.29, 1.82) is 0 Å². The third-order valence-electron chi connectivity index (χ3n) is 6.81. The van der Waals surface area contributed by atoms with E-state index in [1.165, 1.54) is 0 Å². The molecule has 1 aliphatic heterocycles. The van der Waals surface area contributed by atoms with Crippen LogP contribution in [0.15, 0.2) is 24.4 Å².